The molecular weight excluding hydrogens is 264 g/mol. The van der Waals surface area contributed by atoms with E-state index in [0.717, 1.165) is 0 Å². The molecule has 0 aliphatic rings. The lowest BCUT2D eigenvalue weighted by atomic mass is 9.97. The fourth-order valence-electron chi connectivity index (χ4n) is 1.62. The van der Waals surface area contributed by atoms with Crippen LogP contribution in [-0.4, -0.2) is 49.2 Å². The van der Waals surface area contributed by atoms with Gasteiger partial charge < -0.3 is 25.2 Å². The Morgan fingerprint density at radius 1 is 1.25 bits per heavy atom. The zero-order chi connectivity index (χ0) is 15.8. The van der Waals surface area contributed by atoms with Crippen molar-refractivity contribution in [3.05, 3.63) is 0 Å². The summed E-state index contributed by atoms with van der Waals surface area (Å²) in [7, 11) is 1.25. The molecule has 7 nitrogen and oxygen atoms in total. The van der Waals surface area contributed by atoms with Gasteiger partial charge in [0.25, 0.3) is 0 Å². The highest BCUT2D eigenvalue weighted by Crippen LogP contribution is 2.10. The summed E-state index contributed by atoms with van der Waals surface area (Å²) in [6.07, 6.45) is -0.462. The molecule has 3 N–H and O–H groups in total. The van der Waals surface area contributed by atoms with E-state index >= 15 is 0 Å². The van der Waals surface area contributed by atoms with Gasteiger partial charge in [0.1, 0.15) is 5.60 Å². The molecule has 0 aliphatic carbocycles. The van der Waals surface area contributed by atoms with Crippen molar-refractivity contribution in [3.8, 4) is 0 Å². The van der Waals surface area contributed by atoms with Crippen molar-refractivity contribution in [1.29, 1.82) is 0 Å². The van der Waals surface area contributed by atoms with Crippen LogP contribution in [-0.2, 0) is 9.47 Å². The molecule has 0 aromatic carbocycles. The number of ether oxygens (including phenoxy) is 2. The first-order valence-electron chi connectivity index (χ1n) is 6.65. The predicted octanol–water partition coefficient (Wildman–Crippen LogP) is 1.25. The highest BCUT2D eigenvalue weighted by Gasteiger charge is 2.23. The van der Waals surface area contributed by atoms with Gasteiger partial charge in [-0.25, -0.2) is 9.59 Å². The van der Waals surface area contributed by atoms with E-state index in [4.69, 9.17) is 4.74 Å². The van der Waals surface area contributed by atoms with Crippen molar-refractivity contribution in [3.63, 3.8) is 0 Å². The number of alkyl carbamates (subject to hydrolysis) is 2. The van der Waals surface area contributed by atoms with E-state index in [1.807, 2.05) is 6.92 Å². The number of aliphatic hydroxyl groups is 1. The van der Waals surface area contributed by atoms with Gasteiger partial charge in [-0.05, 0) is 33.1 Å². The molecule has 1 unspecified atom stereocenters. The number of methoxy groups -OCH3 is 1. The second-order valence-electron chi connectivity index (χ2n) is 5.48. The Labute approximate surface area is 120 Å². The minimum atomic E-state index is -0.611. The van der Waals surface area contributed by atoms with Crippen molar-refractivity contribution >= 4 is 12.2 Å². The Morgan fingerprint density at radius 2 is 1.85 bits per heavy atom. The Balaban J connectivity index is 4.37. The third-order valence-corrected chi connectivity index (χ3v) is 2.69. The summed E-state index contributed by atoms with van der Waals surface area (Å²) in [5.74, 6) is -0.119. The maximum Gasteiger partial charge on any atom is 0.407 e. The molecule has 0 aliphatic heterocycles. The van der Waals surface area contributed by atoms with E-state index in [-0.39, 0.29) is 12.5 Å². The maximum atomic E-state index is 11.6. The quantitative estimate of drug-likeness (QED) is 0.684. The SMILES string of the molecule is CCC(CNC(=O)OC(C)(C)C)[C@H](CO)NC(=O)OC. The normalized spacial score (nSPS) is 14.1. The summed E-state index contributed by atoms with van der Waals surface area (Å²) in [5, 5.41) is 14.5. The van der Waals surface area contributed by atoms with Crippen LogP contribution in [0.2, 0.25) is 0 Å². The number of carbonyl (C=O) groups is 2. The van der Waals surface area contributed by atoms with Gasteiger partial charge in [-0.15, -0.1) is 0 Å². The van der Waals surface area contributed by atoms with Gasteiger partial charge in [0.2, 0.25) is 0 Å². The minimum Gasteiger partial charge on any atom is -0.453 e. The summed E-state index contributed by atoms with van der Waals surface area (Å²) in [5.41, 5.74) is -0.563. The molecule has 118 valence electrons. The molecule has 0 rings (SSSR count). The van der Waals surface area contributed by atoms with Gasteiger partial charge in [0.05, 0.1) is 19.8 Å². The van der Waals surface area contributed by atoms with Crippen LogP contribution in [0.1, 0.15) is 34.1 Å². The lowest BCUT2D eigenvalue weighted by Gasteiger charge is -2.26. The Kier molecular flexibility index (Phi) is 7.98. The first-order valence-corrected chi connectivity index (χ1v) is 6.65. The van der Waals surface area contributed by atoms with Crippen molar-refractivity contribution < 1.29 is 24.2 Å². The number of hydrogen-bond acceptors (Lipinski definition) is 5. The molecule has 0 heterocycles. The Bertz CT molecular complexity index is 314. The number of nitrogens with one attached hydrogen (secondary N) is 2. The van der Waals surface area contributed by atoms with Crippen LogP contribution in [0.5, 0.6) is 0 Å². The fourth-order valence-corrected chi connectivity index (χ4v) is 1.62. The molecule has 20 heavy (non-hydrogen) atoms. The van der Waals surface area contributed by atoms with Crippen molar-refractivity contribution in [2.24, 2.45) is 5.92 Å². The van der Waals surface area contributed by atoms with E-state index in [1.165, 1.54) is 7.11 Å². The molecule has 7 heteroatoms. The van der Waals surface area contributed by atoms with Gasteiger partial charge in [-0.1, -0.05) is 6.92 Å². The molecular formula is C13H26N2O5. The number of hydrogen-bond donors (Lipinski definition) is 3. The molecule has 0 saturated carbocycles. The van der Waals surface area contributed by atoms with E-state index in [0.29, 0.717) is 13.0 Å². The van der Waals surface area contributed by atoms with Crippen LogP contribution < -0.4 is 10.6 Å². The second kappa shape index (κ2) is 8.63. The number of aliphatic hydroxyl groups excluding tert-OH is 1. The fraction of sp³-hybridized carbons (Fsp3) is 0.846. The third kappa shape index (κ3) is 7.83. The van der Waals surface area contributed by atoms with Crippen LogP contribution >= 0.6 is 0 Å². The van der Waals surface area contributed by atoms with Gasteiger partial charge in [-0.2, -0.15) is 0 Å². The van der Waals surface area contributed by atoms with Gasteiger partial charge in [0, 0.05) is 6.54 Å². The number of rotatable bonds is 6. The van der Waals surface area contributed by atoms with Crippen LogP contribution in [0.15, 0.2) is 0 Å². The predicted molar refractivity (Wildman–Crippen MR) is 74.4 cm³/mol. The summed E-state index contributed by atoms with van der Waals surface area (Å²) in [6, 6.07) is -0.484. The standard InChI is InChI=1S/C13H26N2O5/c1-6-9(10(8-16)15-12(18)19-5)7-14-11(17)20-13(2,3)4/h9-10,16H,6-8H2,1-5H3,(H,14,17)(H,15,18)/t9?,10-/m0/s1. The topological polar surface area (TPSA) is 96.9 Å². The van der Waals surface area contributed by atoms with Crippen LogP contribution in [0, 0.1) is 5.92 Å². The zero-order valence-electron chi connectivity index (χ0n) is 12.9. The van der Waals surface area contributed by atoms with E-state index in [2.05, 4.69) is 15.4 Å². The molecule has 2 amide bonds. The third-order valence-electron chi connectivity index (χ3n) is 2.69. The van der Waals surface area contributed by atoms with Crippen molar-refractivity contribution in [2.45, 2.75) is 45.8 Å². The van der Waals surface area contributed by atoms with Crippen LogP contribution in [0.25, 0.3) is 0 Å². The molecule has 0 spiro atoms. The molecule has 0 bridgehead atoms. The molecule has 0 aromatic rings. The molecule has 0 radical (unpaired) electrons. The summed E-state index contributed by atoms with van der Waals surface area (Å²) in [6.45, 7) is 7.30. The monoisotopic (exact) mass is 290 g/mol. The molecule has 2 atom stereocenters. The lowest BCUT2D eigenvalue weighted by Crippen LogP contribution is -2.47. The smallest absolute Gasteiger partial charge is 0.407 e. The lowest BCUT2D eigenvalue weighted by molar-refractivity contribution is 0.0510. The molecule has 0 fully saturated rings. The Morgan fingerprint density at radius 3 is 2.25 bits per heavy atom. The van der Waals surface area contributed by atoms with E-state index in [1.54, 1.807) is 20.8 Å². The number of carbonyl (C=O) groups excluding carboxylic acids is 2. The van der Waals surface area contributed by atoms with Crippen molar-refractivity contribution in [2.75, 3.05) is 20.3 Å². The van der Waals surface area contributed by atoms with Crippen LogP contribution in [0.4, 0.5) is 9.59 Å². The number of amides is 2. The average molecular weight is 290 g/mol. The maximum absolute atomic E-state index is 11.6. The van der Waals surface area contributed by atoms with Gasteiger partial charge in [-0.3, -0.25) is 0 Å². The first kappa shape index (κ1) is 18.5. The van der Waals surface area contributed by atoms with Crippen LogP contribution in [0.3, 0.4) is 0 Å². The van der Waals surface area contributed by atoms with Crippen molar-refractivity contribution in [1.82, 2.24) is 10.6 Å². The molecule has 0 saturated heterocycles. The average Bonchev–Trinajstić information content (AvgIpc) is 2.35. The Hall–Kier alpha value is -1.50. The minimum absolute atomic E-state index is 0.119. The van der Waals surface area contributed by atoms with E-state index < -0.39 is 23.8 Å². The zero-order valence-corrected chi connectivity index (χ0v) is 12.9. The highest BCUT2D eigenvalue weighted by molar-refractivity contribution is 5.68. The summed E-state index contributed by atoms with van der Waals surface area (Å²) in [4.78, 5) is 22.7. The van der Waals surface area contributed by atoms with Gasteiger partial charge >= 0.3 is 12.2 Å². The summed E-state index contributed by atoms with van der Waals surface area (Å²) < 4.78 is 9.62. The summed E-state index contributed by atoms with van der Waals surface area (Å²) >= 11 is 0. The highest BCUT2D eigenvalue weighted by atomic mass is 16.6. The largest absolute Gasteiger partial charge is 0.453 e. The van der Waals surface area contributed by atoms with E-state index in [9.17, 15) is 14.7 Å². The molecule has 0 aromatic heterocycles. The first-order chi connectivity index (χ1) is 9.23. The van der Waals surface area contributed by atoms with Gasteiger partial charge in [0.15, 0.2) is 0 Å². The second-order valence-corrected chi connectivity index (χ2v) is 5.48.